The minimum Gasteiger partial charge on any atom is -0.383 e. The number of rotatable bonds is 6. The zero-order valence-electron chi connectivity index (χ0n) is 21.6. The molecule has 3 aromatic heterocycles. The molecule has 0 aliphatic heterocycles. The van der Waals surface area contributed by atoms with E-state index >= 15 is 4.39 Å². The number of benzene rings is 2. The van der Waals surface area contributed by atoms with Crippen molar-refractivity contribution in [3.63, 3.8) is 0 Å². The Morgan fingerprint density at radius 1 is 1.12 bits per heavy atom. The van der Waals surface area contributed by atoms with E-state index in [4.69, 9.17) is 5.73 Å². The highest BCUT2D eigenvalue weighted by Crippen LogP contribution is 2.39. The van der Waals surface area contributed by atoms with Crippen LogP contribution < -0.4 is 10.6 Å². The Morgan fingerprint density at radius 2 is 1.90 bits per heavy atom. The summed E-state index contributed by atoms with van der Waals surface area (Å²) in [6, 6.07) is 9.27. The zero-order valence-corrected chi connectivity index (χ0v) is 22.4. The fourth-order valence-corrected chi connectivity index (χ4v) is 5.81. The maximum atomic E-state index is 15.6. The smallest absolute Gasteiger partial charge is 0.260 e. The van der Waals surface area contributed by atoms with Gasteiger partial charge in [-0.25, -0.2) is 22.2 Å². The number of pyridine rings is 2. The number of carbonyl (C=O) groups excluding carboxylic acids is 1. The predicted octanol–water partition coefficient (Wildman–Crippen LogP) is 4.50. The van der Waals surface area contributed by atoms with Crippen molar-refractivity contribution in [2.45, 2.75) is 30.2 Å². The predicted molar refractivity (Wildman–Crippen MR) is 147 cm³/mol. The van der Waals surface area contributed by atoms with Gasteiger partial charge in [-0.3, -0.25) is 14.5 Å². The van der Waals surface area contributed by atoms with Gasteiger partial charge in [0.25, 0.3) is 5.91 Å². The second kappa shape index (κ2) is 9.33. The number of hydrogen-bond donors (Lipinski definition) is 1. The Morgan fingerprint density at radius 3 is 2.58 bits per heavy atom. The second-order valence-corrected chi connectivity index (χ2v) is 12.0. The van der Waals surface area contributed by atoms with Crippen LogP contribution in [0.2, 0.25) is 0 Å². The number of fused-ring (bicyclic) bond motifs is 3. The van der Waals surface area contributed by atoms with Gasteiger partial charge < -0.3 is 10.6 Å². The monoisotopic (exact) mass is 562 g/mol. The molecule has 40 heavy (non-hydrogen) atoms. The summed E-state index contributed by atoms with van der Waals surface area (Å²) in [5.74, 6) is -1.46. The summed E-state index contributed by atoms with van der Waals surface area (Å²) in [7, 11) is -2.21. The molecule has 1 aliphatic rings. The molecule has 3 heterocycles. The Kier molecular flexibility index (Phi) is 6.02. The number of aromatic nitrogens is 4. The van der Waals surface area contributed by atoms with Gasteiger partial charge in [-0.15, -0.1) is 0 Å². The van der Waals surface area contributed by atoms with Crippen molar-refractivity contribution in [1.29, 1.82) is 0 Å². The van der Waals surface area contributed by atoms with Crippen LogP contribution in [0.5, 0.6) is 0 Å². The lowest BCUT2D eigenvalue weighted by atomic mass is 10.1. The van der Waals surface area contributed by atoms with Crippen LogP contribution in [0.25, 0.3) is 21.8 Å². The lowest BCUT2D eigenvalue weighted by molar-refractivity contribution is 0.0984. The fourth-order valence-electron chi connectivity index (χ4n) is 4.94. The van der Waals surface area contributed by atoms with Crippen molar-refractivity contribution >= 4 is 49.1 Å². The maximum Gasteiger partial charge on any atom is 0.260 e. The molecule has 0 unspecified atom stereocenters. The van der Waals surface area contributed by atoms with Crippen LogP contribution in [0.3, 0.4) is 0 Å². The summed E-state index contributed by atoms with van der Waals surface area (Å²) in [4.78, 5) is 23.5. The topological polar surface area (TPSA) is 124 Å². The van der Waals surface area contributed by atoms with E-state index in [1.54, 1.807) is 25.2 Å². The third-order valence-corrected chi connectivity index (χ3v) is 8.19. The van der Waals surface area contributed by atoms with Crippen molar-refractivity contribution in [2.75, 3.05) is 16.9 Å². The molecule has 1 aliphatic carbocycles. The van der Waals surface area contributed by atoms with Crippen molar-refractivity contribution in [3.8, 4) is 0 Å². The van der Waals surface area contributed by atoms with Crippen LogP contribution in [-0.4, -0.2) is 40.3 Å². The van der Waals surface area contributed by atoms with Gasteiger partial charge in [0.1, 0.15) is 17.5 Å². The van der Waals surface area contributed by atoms with E-state index in [1.807, 2.05) is 0 Å². The number of aryl methyl sites for hydroxylation is 1. The number of carbonyl (C=O) groups is 1. The molecular weight excluding hydrogens is 538 g/mol. The molecule has 1 fully saturated rings. The first kappa shape index (κ1) is 25.8. The number of nitrogen functional groups attached to an aromatic ring is 1. The van der Waals surface area contributed by atoms with Gasteiger partial charge in [0.2, 0.25) is 0 Å². The molecule has 9 nitrogen and oxygen atoms in total. The van der Waals surface area contributed by atoms with Crippen LogP contribution in [-0.2, 0) is 23.4 Å². The zero-order chi connectivity index (χ0) is 28.3. The van der Waals surface area contributed by atoms with Gasteiger partial charge in [-0.1, -0.05) is 0 Å². The van der Waals surface area contributed by atoms with Crippen molar-refractivity contribution in [1.82, 2.24) is 19.7 Å². The molecule has 1 saturated carbocycles. The van der Waals surface area contributed by atoms with Crippen LogP contribution in [0.15, 0.2) is 59.8 Å². The molecule has 1 amide bonds. The Balaban J connectivity index is 1.50. The van der Waals surface area contributed by atoms with Gasteiger partial charge in [0.15, 0.2) is 9.84 Å². The third-order valence-electron chi connectivity index (χ3n) is 7.05. The summed E-state index contributed by atoms with van der Waals surface area (Å²) < 4.78 is 56.9. The molecule has 2 N–H and O–H groups in total. The van der Waals surface area contributed by atoms with Gasteiger partial charge in [-0.05, 0) is 60.9 Å². The first-order valence-corrected chi connectivity index (χ1v) is 14.4. The summed E-state index contributed by atoms with van der Waals surface area (Å²) in [5.41, 5.74) is 7.96. The molecule has 0 saturated heterocycles. The minimum absolute atomic E-state index is 0.159. The van der Waals surface area contributed by atoms with E-state index in [0.717, 1.165) is 47.9 Å². The van der Waals surface area contributed by atoms with E-state index in [-0.39, 0.29) is 45.0 Å². The molecule has 0 spiro atoms. The highest BCUT2D eigenvalue weighted by atomic mass is 32.2. The summed E-state index contributed by atoms with van der Waals surface area (Å²) >= 11 is 0. The average Bonchev–Trinajstić information content (AvgIpc) is 3.68. The second-order valence-electron chi connectivity index (χ2n) is 10.0. The molecule has 204 valence electrons. The number of nitrogens with zero attached hydrogens (tertiary/aromatic N) is 5. The molecule has 2 aromatic carbocycles. The van der Waals surface area contributed by atoms with E-state index in [0.29, 0.717) is 16.8 Å². The van der Waals surface area contributed by atoms with Crippen LogP contribution >= 0.6 is 0 Å². The molecule has 5 aromatic rings. The summed E-state index contributed by atoms with van der Waals surface area (Å²) in [5, 5.41) is 4.86. The number of hydrogen-bond acceptors (Lipinski definition) is 7. The molecule has 0 radical (unpaired) electrons. The number of anilines is 2. The van der Waals surface area contributed by atoms with Crippen LogP contribution in [0.1, 0.15) is 40.4 Å². The first-order chi connectivity index (χ1) is 19.0. The highest BCUT2D eigenvalue weighted by molar-refractivity contribution is 7.90. The Labute approximate surface area is 228 Å². The number of amides is 1. The lowest BCUT2D eigenvalue weighted by Crippen LogP contribution is -2.32. The van der Waals surface area contributed by atoms with E-state index in [2.05, 4.69) is 15.1 Å². The van der Waals surface area contributed by atoms with E-state index < -0.39 is 27.4 Å². The van der Waals surface area contributed by atoms with Crippen molar-refractivity contribution in [2.24, 2.45) is 7.05 Å². The molecule has 12 heteroatoms. The third kappa shape index (κ3) is 4.53. The van der Waals surface area contributed by atoms with Gasteiger partial charge in [0.05, 0.1) is 50.7 Å². The van der Waals surface area contributed by atoms with E-state index in [9.17, 15) is 17.6 Å². The number of nitrogens with two attached hydrogens (primary N) is 1. The van der Waals surface area contributed by atoms with E-state index in [1.165, 1.54) is 23.1 Å². The molecule has 6 rings (SSSR count). The van der Waals surface area contributed by atoms with Crippen molar-refractivity contribution in [3.05, 3.63) is 83.3 Å². The number of halogens is 2. The lowest BCUT2D eigenvalue weighted by Gasteiger charge is -2.25. The molecule has 0 atom stereocenters. The highest BCUT2D eigenvalue weighted by Gasteiger charge is 2.28. The molecule has 0 bridgehead atoms. The van der Waals surface area contributed by atoms with Gasteiger partial charge in [0, 0.05) is 31.1 Å². The minimum atomic E-state index is -3.87. The van der Waals surface area contributed by atoms with Gasteiger partial charge >= 0.3 is 0 Å². The van der Waals surface area contributed by atoms with Crippen molar-refractivity contribution < 1.29 is 22.0 Å². The Bertz CT molecular complexity index is 1940. The average molecular weight is 563 g/mol. The SMILES string of the molecule is Cn1ncc2c(N)nc3cc(CN(C(=O)c4ccc(C5CC5)nc4)c4cc(F)ccc4S(C)(=O)=O)cc(F)c3c21. The fraction of sp³-hybridized carbons (Fsp3) is 0.214. The first-order valence-electron chi connectivity index (χ1n) is 12.5. The standard InChI is InChI=1S/C28H24F2N6O3S/c1-35-26-19(13-33-35)27(31)34-22-10-15(9-20(30)25(22)26)14-36(23-11-18(29)6-8-24(23)40(2,38)39)28(37)17-5-7-21(32-12-17)16-3-4-16/h5-13,16H,3-4,14H2,1-2H3,(H2,31,34). The van der Waals surface area contributed by atoms with Gasteiger partial charge in [-0.2, -0.15) is 5.10 Å². The normalized spacial score (nSPS) is 13.7. The summed E-state index contributed by atoms with van der Waals surface area (Å²) in [6.07, 6.45) is 5.96. The maximum absolute atomic E-state index is 15.6. The largest absolute Gasteiger partial charge is 0.383 e. The van der Waals surface area contributed by atoms with Crippen LogP contribution in [0, 0.1) is 11.6 Å². The van der Waals surface area contributed by atoms with Crippen LogP contribution in [0.4, 0.5) is 20.3 Å². The quantitative estimate of drug-likeness (QED) is 0.302. The summed E-state index contributed by atoms with van der Waals surface area (Å²) in [6.45, 7) is -0.285. The number of sulfone groups is 1. The Hall–Kier alpha value is -4.45. The molecular formula is C28H24F2N6O3S.